The van der Waals surface area contributed by atoms with Gasteiger partial charge in [-0.3, -0.25) is 4.79 Å². The molecular formula is C15H20F2N2O2. The van der Waals surface area contributed by atoms with Gasteiger partial charge in [0.1, 0.15) is 17.3 Å². The van der Waals surface area contributed by atoms with Crippen LogP contribution in [0.2, 0.25) is 0 Å². The summed E-state index contributed by atoms with van der Waals surface area (Å²) in [6.45, 7) is 2.81. The van der Waals surface area contributed by atoms with Crippen molar-refractivity contribution < 1.29 is 18.7 Å². The average Bonchev–Trinajstić information content (AvgIpc) is 2.45. The lowest BCUT2D eigenvalue weighted by molar-refractivity contribution is -0.119. The van der Waals surface area contributed by atoms with Gasteiger partial charge in [-0.1, -0.05) is 0 Å². The Morgan fingerprint density at radius 1 is 1.33 bits per heavy atom. The minimum Gasteiger partial charge on any atom is -0.392 e. The van der Waals surface area contributed by atoms with E-state index in [9.17, 15) is 13.6 Å². The van der Waals surface area contributed by atoms with E-state index in [1.54, 1.807) is 4.90 Å². The van der Waals surface area contributed by atoms with Crippen LogP contribution in [0.5, 0.6) is 0 Å². The molecule has 2 rings (SSSR count). The van der Waals surface area contributed by atoms with E-state index in [0.717, 1.165) is 12.8 Å². The molecular weight excluding hydrogens is 278 g/mol. The van der Waals surface area contributed by atoms with Crippen LogP contribution in [-0.2, 0) is 11.4 Å². The number of aliphatic hydroxyl groups excluding tert-OH is 1. The average molecular weight is 298 g/mol. The fraction of sp³-hybridized carbons (Fsp3) is 0.533. The van der Waals surface area contributed by atoms with Gasteiger partial charge >= 0.3 is 0 Å². The number of anilines is 1. The Morgan fingerprint density at radius 3 is 2.38 bits per heavy atom. The number of hydrogen-bond acceptors (Lipinski definition) is 3. The van der Waals surface area contributed by atoms with Crippen molar-refractivity contribution in [1.82, 2.24) is 5.32 Å². The summed E-state index contributed by atoms with van der Waals surface area (Å²) in [7, 11) is 0. The first kappa shape index (κ1) is 15.7. The third-order valence-electron chi connectivity index (χ3n) is 3.83. The Balaban J connectivity index is 2.01. The first-order valence-corrected chi connectivity index (χ1v) is 7.09. The topological polar surface area (TPSA) is 52.6 Å². The summed E-state index contributed by atoms with van der Waals surface area (Å²) in [5, 5.41) is 11.7. The number of halogens is 2. The zero-order valence-corrected chi connectivity index (χ0v) is 12.0. The molecule has 0 bridgehead atoms. The van der Waals surface area contributed by atoms with E-state index < -0.39 is 11.6 Å². The maximum absolute atomic E-state index is 14.0. The zero-order valence-electron chi connectivity index (χ0n) is 12.0. The smallest absolute Gasteiger partial charge is 0.216 e. The van der Waals surface area contributed by atoms with Crippen molar-refractivity contribution in [3.63, 3.8) is 0 Å². The molecule has 0 aromatic heterocycles. The molecule has 116 valence electrons. The molecule has 0 spiro atoms. The monoisotopic (exact) mass is 298 g/mol. The number of nitrogens with one attached hydrogen (secondary N) is 1. The molecule has 1 aromatic rings. The summed E-state index contributed by atoms with van der Waals surface area (Å²) in [5.74, 6) is -0.999. The van der Waals surface area contributed by atoms with Crippen LogP contribution in [0.25, 0.3) is 0 Å². The molecule has 1 fully saturated rings. The number of amides is 1. The SMILES string of the molecule is CC(=O)NCC1CCN(c2c(F)cc(CO)cc2F)CC1. The highest BCUT2D eigenvalue weighted by Gasteiger charge is 2.24. The van der Waals surface area contributed by atoms with E-state index in [1.165, 1.54) is 19.1 Å². The molecule has 21 heavy (non-hydrogen) atoms. The lowest BCUT2D eigenvalue weighted by atomic mass is 9.96. The minimum absolute atomic E-state index is 0.0230. The van der Waals surface area contributed by atoms with Crippen molar-refractivity contribution >= 4 is 11.6 Å². The number of benzene rings is 1. The molecule has 1 amide bonds. The second kappa shape index (κ2) is 6.85. The molecule has 0 aliphatic carbocycles. The Labute approximate surface area is 122 Å². The van der Waals surface area contributed by atoms with E-state index in [1.807, 2.05) is 0 Å². The summed E-state index contributed by atoms with van der Waals surface area (Å²) in [4.78, 5) is 12.6. The summed E-state index contributed by atoms with van der Waals surface area (Å²) in [6.07, 6.45) is 1.56. The van der Waals surface area contributed by atoms with E-state index in [4.69, 9.17) is 5.11 Å². The van der Waals surface area contributed by atoms with Gasteiger partial charge in [-0.25, -0.2) is 8.78 Å². The van der Waals surface area contributed by atoms with E-state index in [2.05, 4.69) is 5.32 Å². The Hall–Kier alpha value is -1.69. The van der Waals surface area contributed by atoms with Crippen LogP contribution >= 0.6 is 0 Å². The number of carbonyl (C=O) groups excluding carboxylic acids is 1. The van der Waals surface area contributed by atoms with Gasteiger partial charge in [0, 0.05) is 26.6 Å². The van der Waals surface area contributed by atoms with Crippen molar-refractivity contribution in [3.8, 4) is 0 Å². The van der Waals surface area contributed by atoms with Crippen LogP contribution in [0.1, 0.15) is 25.3 Å². The predicted octanol–water partition coefficient (Wildman–Crippen LogP) is 1.81. The van der Waals surface area contributed by atoms with Crippen LogP contribution in [0.15, 0.2) is 12.1 Å². The molecule has 1 aliphatic heterocycles. The van der Waals surface area contributed by atoms with Gasteiger partial charge in [0.25, 0.3) is 0 Å². The number of hydrogen-bond donors (Lipinski definition) is 2. The van der Waals surface area contributed by atoms with Crippen molar-refractivity contribution in [2.24, 2.45) is 5.92 Å². The second-order valence-corrected chi connectivity index (χ2v) is 5.43. The van der Waals surface area contributed by atoms with Crippen LogP contribution in [0, 0.1) is 17.6 Å². The highest BCUT2D eigenvalue weighted by molar-refractivity contribution is 5.72. The zero-order chi connectivity index (χ0) is 15.4. The van der Waals surface area contributed by atoms with Crippen LogP contribution in [-0.4, -0.2) is 30.6 Å². The van der Waals surface area contributed by atoms with Crippen molar-refractivity contribution in [2.45, 2.75) is 26.4 Å². The van der Waals surface area contributed by atoms with Crippen LogP contribution < -0.4 is 10.2 Å². The lowest BCUT2D eigenvalue weighted by Gasteiger charge is -2.34. The van der Waals surface area contributed by atoms with Crippen molar-refractivity contribution in [3.05, 3.63) is 29.3 Å². The van der Waals surface area contributed by atoms with E-state index in [0.29, 0.717) is 25.6 Å². The standard InChI is InChI=1S/C15H20F2N2O2/c1-10(21)18-8-11-2-4-19(5-3-11)15-13(16)6-12(9-20)7-14(15)17/h6-7,11,20H,2-5,8-9H2,1H3,(H,18,21). The molecule has 1 aliphatic rings. The summed E-state index contributed by atoms with van der Waals surface area (Å²) >= 11 is 0. The minimum atomic E-state index is -0.639. The van der Waals surface area contributed by atoms with Gasteiger partial charge < -0.3 is 15.3 Å². The fourth-order valence-corrected chi connectivity index (χ4v) is 2.66. The molecule has 0 atom stereocenters. The molecule has 1 heterocycles. The highest BCUT2D eigenvalue weighted by Crippen LogP contribution is 2.29. The summed E-state index contributed by atoms with van der Waals surface area (Å²) in [6, 6.07) is 2.34. The summed E-state index contributed by atoms with van der Waals surface area (Å²) < 4.78 is 28.0. The lowest BCUT2D eigenvalue weighted by Crippen LogP contribution is -2.39. The van der Waals surface area contributed by atoms with Crippen LogP contribution in [0.3, 0.4) is 0 Å². The Bertz CT molecular complexity index is 491. The number of rotatable bonds is 4. The van der Waals surface area contributed by atoms with Gasteiger partial charge in [0.05, 0.1) is 6.61 Å². The third-order valence-corrected chi connectivity index (χ3v) is 3.83. The number of carbonyl (C=O) groups is 1. The molecule has 1 saturated heterocycles. The third kappa shape index (κ3) is 3.91. The Morgan fingerprint density at radius 2 is 1.90 bits per heavy atom. The molecule has 0 saturated carbocycles. The second-order valence-electron chi connectivity index (χ2n) is 5.43. The fourth-order valence-electron chi connectivity index (χ4n) is 2.66. The van der Waals surface area contributed by atoms with Crippen molar-refractivity contribution in [1.29, 1.82) is 0 Å². The van der Waals surface area contributed by atoms with E-state index >= 15 is 0 Å². The maximum atomic E-state index is 14.0. The summed E-state index contributed by atoms with van der Waals surface area (Å²) in [5.41, 5.74) is 0.208. The predicted molar refractivity (Wildman–Crippen MR) is 75.9 cm³/mol. The van der Waals surface area contributed by atoms with Gasteiger partial charge in [-0.05, 0) is 36.5 Å². The molecule has 6 heteroatoms. The Kier molecular flexibility index (Phi) is 5.12. The van der Waals surface area contributed by atoms with Gasteiger partial charge in [-0.15, -0.1) is 0 Å². The number of aliphatic hydroxyl groups is 1. The number of nitrogens with zero attached hydrogens (tertiary/aromatic N) is 1. The first-order valence-electron chi connectivity index (χ1n) is 7.09. The maximum Gasteiger partial charge on any atom is 0.216 e. The molecule has 2 N–H and O–H groups in total. The first-order chi connectivity index (χ1) is 10.0. The van der Waals surface area contributed by atoms with Crippen molar-refractivity contribution in [2.75, 3.05) is 24.5 Å². The largest absolute Gasteiger partial charge is 0.392 e. The number of piperidine rings is 1. The molecule has 4 nitrogen and oxygen atoms in total. The molecule has 0 unspecified atom stereocenters. The normalized spacial score (nSPS) is 16.1. The quantitative estimate of drug-likeness (QED) is 0.891. The van der Waals surface area contributed by atoms with Gasteiger partial charge in [0.15, 0.2) is 0 Å². The molecule has 0 radical (unpaired) electrons. The van der Waals surface area contributed by atoms with Gasteiger partial charge in [0.2, 0.25) is 5.91 Å². The molecule has 1 aromatic carbocycles. The van der Waals surface area contributed by atoms with Crippen LogP contribution in [0.4, 0.5) is 14.5 Å². The highest BCUT2D eigenvalue weighted by atomic mass is 19.1. The van der Waals surface area contributed by atoms with E-state index in [-0.39, 0.29) is 23.8 Å². The van der Waals surface area contributed by atoms with Gasteiger partial charge in [-0.2, -0.15) is 0 Å².